The minimum Gasteiger partial charge on any atom is -0.493 e. The summed E-state index contributed by atoms with van der Waals surface area (Å²) in [6, 6.07) is 14.2. The van der Waals surface area contributed by atoms with E-state index in [-0.39, 0.29) is 18.7 Å². The minimum absolute atomic E-state index is 0.118. The van der Waals surface area contributed by atoms with E-state index in [1.807, 2.05) is 48.5 Å². The lowest BCUT2D eigenvalue weighted by Crippen LogP contribution is -2.32. The summed E-state index contributed by atoms with van der Waals surface area (Å²) in [6.45, 7) is 0.817. The van der Waals surface area contributed by atoms with E-state index in [4.69, 9.17) is 9.47 Å². The molecule has 1 aliphatic rings. The second-order valence-corrected chi connectivity index (χ2v) is 7.06. The van der Waals surface area contributed by atoms with Crippen LogP contribution in [-0.4, -0.2) is 42.9 Å². The molecule has 0 saturated carbocycles. The normalized spacial score (nSPS) is 15.3. The van der Waals surface area contributed by atoms with E-state index in [9.17, 15) is 14.4 Å². The van der Waals surface area contributed by atoms with Crippen LogP contribution in [0.3, 0.4) is 0 Å². The molecule has 1 aliphatic heterocycles. The van der Waals surface area contributed by atoms with Gasteiger partial charge in [-0.1, -0.05) is 36.4 Å². The summed E-state index contributed by atoms with van der Waals surface area (Å²) in [5, 5.41) is 4.65. The number of imide groups is 1. The van der Waals surface area contributed by atoms with Gasteiger partial charge in [0.05, 0.1) is 7.11 Å². The van der Waals surface area contributed by atoms with Crippen LogP contribution < -0.4 is 20.1 Å². The number of carbonyl (C=O) groups excluding carboxylic acids is 3. The Bertz CT molecular complexity index is 916. The zero-order valence-corrected chi connectivity index (χ0v) is 17.0. The third-order valence-electron chi connectivity index (χ3n) is 4.82. The maximum atomic E-state index is 12.4. The molecule has 8 heteroatoms. The van der Waals surface area contributed by atoms with Crippen molar-refractivity contribution < 1.29 is 23.9 Å². The highest BCUT2D eigenvalue weighted by Crippen LogP contribution is 2.29. The predicted molar refractivity (Wildman–Crippen MR) is 110 cm³/mol. The van der Waals surface area contributed by atoms with Crippen LogP contribution in [0.25, 0.3) is 0 Å². The molecule has 2 N–H and O–H groups in total. The average molecular weight is 411 g/mol. The van der Waals surface area contributed by atoms with E-state index in [0.717, 1.165) is 11.1 Å². The number of hydrogen-bond donors (Lipinski definition) is 2. The highest BCUT2D eigenvalue weighted by atomic mass is 16.5. The summed E-state index contributed by atoms with van der Waals surface area (Å²) in [7, 11) is 3.27. The van der Waals surface area contributed by atoms with Crippen molar-refractivity contribution in [3.8, 4) is 11.5 Å². The van der Waals surface area contributed by atoms with Crippen molar-refractivity contribution in [2.45, 2.75) is 32.0 Å². The Hall–Kier alpha value is -3.55. The number of nitrogens with one attached hydrogen (secondary N) is 2. The molecule has 3 rings (SSSR count). The van der Waals surface area contributed by atoms with Gasteiger partial charge in [0.1, 0.15) is 12.6 Å². The summed E-state index contributed by atoms with van der Waals surface area (Å²) in [4.78, 5) is 36.7. The third-order valence-corrected chi connectivity index (χ3v) is 4.82. The number of carbonyl (C=O) groups is 3. The molecule has 0 spiro atoms. The molecule has 1 atom stereocenters. The topological polar surface area (TPSA) is 97.0 Å². The smallest absolute Gasteiger partial charge is 0.322 e. The van der Waals surface area contributed by atoms with Crippen molar-refractivity contribution in [2.75, 3.05) is 14.2 Å². The number of nitrogens with zero attached hydrogens (tertiary/aromatic N) is 1. The number of urea groups is 1. The molecule has 158 valence electrons. The number of hydrogen-bond acceptors (Lipinski definition) is 5. The van der Waals surface area contributed by atoms with Gasteiger partial charge in [-0.05, 0) is 29.7 Å². The van der Waals surface area contributed by atoms with Gasteiger partial charge in [0.25, 0.3) is 5.91 Å². The number of methoxy groups -OCH3 is 1. The highest BCUT2D eigenvalue weighted by Gasteiger charge is 2.29. The van der Waals surface area contributed by atoms with Crippen LogP contribution in [0.1, 0.15) is 24.0 Å². The number of rotatable bonds is 9. The van der Waals surface area contributed by atoms with Crippen LogP contribution in [0.4, 0.5) is 4.79 Å². The molecular weight excluding hydrogens is 386 g/mol. The van der Waals surface area contributed by atoms with Crippen LogP contribution >= 0.6 is 0 Å². The molecule has 30 heavy (non-hydrogen) atoms. The second-order valence-electron chi connectivity index (χ2n) is 7.06. The van der Waals surface area contributed by atoms with Gasteiger partial charge in [-0.25, -0.2) is 4.79 Å². The molecule has 1 unspecified atom stereocenters. The van der Waals surface area contributed by atoms with E-state index in [0.29, 0.717) is 24.7 Å². The summed E-state index contributed by atoms with van der Waals surface area (Å²) in [5.74, 6) is 0.704. The van der Waals surface area contributed by atoms with Gasteiger partial charge in [0.2, 0.25) is 5.91 Å². The largest absolute Gasteiger partial charge is 0.493 e. The van der Waals surface area contributed by atoms with E-state index >= 15 is 0 Å². The lowest BCUT2D eigenvalue weighted by Gasteiger charge is -2.19. The summed E-state index contributed by atoms with van der Waals surface area (Å²) in [5.41, 5.74) is 1.95. The van der Waals surface area contributed by atoms with Gasteiger partial charge in [-0.15, -0.1) is 0 Å². The molecule has 1 heterocycles. The molecule has 2 aromatic carbocycles. The first-order chi connectivity index (χ1) is 14.5. The van der Waals surface area contributed by atoms with Crippen LogP contribution in [-0.2, 0) is 22.7 Å². The van der Waals surface area contributed by atoms with E-state index < -0.39 is 18.0 Å². The lowest BCUT2D eigenvalue weighted by atomic mass is 10.1. The second kappa shape index (κ2) is 9.78. The van der Waals surface area contributed by atoms with Gasteiger partial charge in [0, 0.05) is 20.0 Å². The average Bonchev–Trinajstić information content (AvgIpc) is 3.08. The molecule has 0 radical (unpaired) electrons. The zero-order chi connectivity index (χ0) is 21.5. The zero-order valence-electron chi connectivity index (χ0n) is 17.0. The van der Waals surface area contributed by atoms with Crippen LogP contribution in [0.15, 0.2) is 48.5 Å². The number of benzene rings is 2. The molecule has 0 aliphatic carbocycles. The van der Waals surface area contributed by atoms with Gasteiger partial charge >= 0.3 is 6.03 Å². The van der Waals surface area contributed by atoms with Gasteiger partial charge in [-0.2, -0.15) is 0 Å². The fourth-order valence-corrected chi connectivity index (χ4v) is 3.15. The van der Waals surface area contributed by atoms with E-state index in [2.05, 4.69) is 10.6 Å². The Morgan fingerprint density at radius 1 is 1.07 bits per heavy atom. The fraction of sp³-hybridized carbons (Fsp3) is 0.318. The van der Waals surface area contributed by atoms with Crippen molar-refractivity contribution in [3.63, 3.8) is 0 Å². The molecular formula is C22H25N3O5. The van der Waals surface area contributed by atoms with Crippen LogP contribution in [0.2, 0.25) is 0 Å². The first kappa shape index (κ1) is 21.2. The first-order valence-corrected chi connectivity index (χ1v) is 9.65. The van der Waals surface area contributed by atoms with Gasteiger partial charge < -0.3 is 19.7 Å². The Kier molecular flexibility index (Phi) is 6.90. The lowest BCUT2D eigenvalue weighted by molar-refractivity contribution is -0.130. The standard InChI is InChI=1S/C22H25N3O5/c1-25(20(26)11-9-17-21(27)24-22(28)23-17)13-16-8-10-18(19(12-16)29-2)30-14-15-6-4-3-5-7-15/h3-8,10,12,17H,9,11,13-14H2,1-2H3,(H2,23,24,27,28). The molecule has 4 amide bonds. The SMILES string of the molecule is COc1cc(CN(C)C(=O)CCC2NC(=O)NC2=O)ccc1OCc1ccccc1. The monoisotopic (exact) mass is 411 g/mol. The van der Waals surface area contributed by atoms with Crippen molar-refractivity contribution in [2.24, 2.45) is 0 Å². The first-order valence-electron chi connectivity index (χ1n) is 9.65. The van der Waals surface area contributed by atoms with E-state index in [1.54, 1.807) is 19.1 Å². The Labute approximate surface area is 175 Å². The molecule has 1 saturated heterocycles. The predicted octanol–water partition coefficient (Wildman–Crippen LogP) is 2.22. The van der Waals surface area contributed by atoms with Crippen LogP contribution in [0.5, 0.6) is 11.5 Å². The molecule has 0 aromatic heterocycles. The maximum absolute atomic E-state index is 12.4. The number of amides is 4. The summed E-state index contributed by atoms with van der Waals surface area (Å²) in [6.07, 6.45) is 0.417. The summed E-state index contributed by atoms with van der Waals surface area (Å²) >= 11 is 0. The molecule has 1 fully saturated rings. The van der Waals surface area contributed by atoms with Crippen molar-refractivity contribution in [1.29, 1.82) is 0 Å². The van der Waals surface area contributed by atoms with Crippen molar-refractivity contribution in [3.05, 3.63) is 59.7 Å². The Balaban J connectivity index is 1.54. The Morgan fingerprint density at radius 2 is 1.83 bits per heavy atom. The maximum Gasteiger partial charge on any atom is 0.322 e. The third kappa shape index (κ3) is 5.50. The fourth-order valence-electron chi connectivity index (χ4n) is 3.15. The highest BCUT2D eigenvalue weighted by molar-refractivity contribution is 6.04. The van der Waals surface area contributed by atoms with Gasteiger partial charge in [-0.3, -0.25) is 14.9 Å². The van der Waals surface area contributed by atoms with Crippen LogP contribution in [0, 0.1) is 0 Å². The van der Waals surface area contributed by atoms with Crippen molar-refractivity contribution in [1.82, 2.24) is 15.5 Å². The summed E-state index contributed by atoms with van der Waals surface area (Å²) < 4.78 is 11.3. The minimum atomic E-state index is -0.656. The quantitative estimate of drug-likeness (QED) is 0.617. The molecule has 0 bridgehead atoms. The molecule has 8 nitrogen and oxygen atoms in total. The van der Waals surface area contributed by atoms with Gasteiger partial charge in [0.15, 0.2) is 11.5 Å². The van der Waals surface area contributed by atoms with E-state index in [1.165, 1.54) is 0 Å². The van der Waals surface area contributed by atoms with Crippen molar-refractivity contribution >= 4 is 17.8 Å². The molecule has 2 aromatic rings. The Morgan fingerprint density at radius 3 is 2.50 bits per heavy atom. The number of ether oxygens (including phenoxy) is 2.